The van der Waals surface area contributed by atoms with Gasteiger partial charge in [-0.15, -0.1) is 5.10 Å². The van der Waals surface area contributed by atoms with Crippen molar-refractivity contribution in [2.75, 3.05) is 31.1 Å². The van der Waals surface area contributed by atoms with E-state index in [0.717, 1.165) is 24.3 Å². The van der Waals surface area contributed by atoms with Gasteiger partial charge in [0, 0.05) is 38.3 Å². The van der Waals surface area contributed by atoms with Crippen LogP contribution in [-0.4, -0.2) is 50.8 Å². The molecule has 6 nitrogen and oxygen atoms in total. The molecule has 166 valence electrons. The topological polar surface area (TPSA) is 56.9 Å². The van der Waals surface area contributed by atoms with Crippen molar-refractivity contribution in [2.24, 2.45) is 0 Å². The van der Waals surface area contributed by atoms with Crippen LogP contribution < -0.4 is 4.90 Å². The minimum atomic E-state index is -0.320. The molecule has 0 bridgehead atoms. The van der Waals surface area contributed by atoms with E-state index in [4.69, 9.17) is 0 Å². The fourth-order valence-electron chi connectivity index (χ4n) is 4.21. The number of thiazole rings is 1. The molecule has 1 atom stereocenters. The maximum absolute atomic E-state index is 14.1. The number of halogens is 2. The maximum Gasteiger partial charge on any atom is 0.230 e. The van der Waals surface area contributed by atoms with E-state index in [1.807, 2.05) is 13.0 Å². The van der Waals surface area contributed by atoms with Crippen LogP contribution in [0.5, 0.6) is 5.88 Å². The first-order valence-corrected chi connectivity index (χ1v) is 11.4. The van der Waals surface area contributed by atoms with Gasteiger partial charge in [0.25, 0.3) is 0 Å². The second-order valence-electron chi connectivity index (χ2n) is 7.82. The molecule has 1 fully saturated rings. The van der Waals surface area contributed by atoms with Crippen LogP contribution in [0.1, 0.15) is 29.2 Å². The van der Waals surface area contributed by atoms with E-state index in [1.54, 1.807) is 18.2 Å². The summed E-state index contributed by atoms with van der Waals surface area (Å²) in [6, 6.07) is 12.7. The Hall–Kier alpha value is -3.04. The molecule has 1 unspecified atom stereocenters. The summed E-state index contributed by atoms with van der Waals surface area (Å²) in [6.07, 6.45) is 0.682. The number of anilines is 1. The number of benzene rings is 2. The molecule has 1 N–H and O–H groups in total. The summed E-state index contributed by atoms with van der Waals surface area (Å²) in [5.41, 5.74) is 1.75. The first kappa shape index (κ1) is 20.8. The number of hydrogen-bond donors (Lipinski definition) is 1. The van der Waals surface area contributed by atoms with Gasteiger partial charge in [-0.1, -0.05) is 30.4 Å². The summed E-state index contributed by atoms with van der Waals surface area (Å²) < 4.78 is 28.9. The highest BCUT2D eigenvalue weighted by molar-refractivity contribution is 7.17. The Morgan fingerprint density at radius 2 is 1.78 bits per heavy atom. The van der Waals surface area contributed by atoms with Crippen LogP contribution in [0.3, 0.4) is 0 Å². The van der Waals surface area contributed by atoms with Gasteiger partial charge in [-0.05, 0) is 42.0 Å². The molecule has 9 heteroatoms. The lowest BCUT2D eigenvalue weighted by atomic mass is 10.0. The summed E-state index contributed by atoms with van der Waals surface area (Å²) in [5, 5.41) is 15.4. The lowest BCUT2D eigenvalue weighted by Crippen LogP contribution is -2.47. The summed E-state index contributed by atoms with van der Waals surface area (Å²) in [6.45, 7) is 4.84. The predicted molar refractivity (Wildman–Crippen MR) is 120 cm³/mol. The second-order valence-corrected chi connectivity index (χ2v) is 8.83. The molecule has 1 aliphatic rings. The third-order valence-electron chi connectivity index (χ3n) is 5.84. The summed E-state index contributed by atoms with van der Waals surface area (Å²) in [4.78, 5) is 10.3. The highest BCUT2D eigenvalue weighted by Crippen LogP contribution is 2.40. The molecular formula is C23H23F2N5OS. The van der Waals surface area contributed by atoms with E-state index in [0.29, 0.717) is 35.2 Å². The van der Waals surface area contributed by atoms with Crippen LogP contribution in [0, 0.1) is 11.6 Å². The Labute approximate surface area is 188 Å². The van der Waals surface area contributed by atoms with Crippen molar-refractivity contribution in [1.82, 2.24) is 19.5 Å². The van der Waals surface area contributed by atoms with Crippen LogP contribution in [0.2, 0.25) is 0 Å². The number of aryl methyl sites for hydroxylation is 1. The van der Waals surface area contributed by atoms with Crippen molar-refractivity contribution in [3.63, 3.8) is 0 Å². The van der Waals surface area contributed by atoms with Crippen molar-refractivity contribution in [3.05, 3.63) is 76.4 Å². The average Bonchev–Trinajstić information content (AvgIpc) is 3.34. The second kappa shape index (κ2) is 8.48. The summed E-state index contributed by atoms with van der Waals surface area (Å²) in [5.74, 6) is 0.155. The standard InChI is InChI=1S/C23H23F2N5OS/c1-2-19-26-23-30(27-19)22(31)21(32-23)20(15-4-3-5-17(25)14-15)29-12-10-28(11-13-29)18-8-6-16(24)7-9-18/h3-9,14,20,31H,2,10-13H2,1H3. The van der Waals surface area contributed by atoms with Gasteiger partial charge in [-0.3, -0.25) is 4.90 Å². The molecule has 0 radical (unpaired) electrons. The van der Waals surface area contributed by atoms with Crippen LogP contribution >= 0.6 is 11.3 Å². The monoisotopic (exact) mass is 455 g/mol. The average molecular weight is 456 g/mol. The molecule has 5 rings (SSSR count). The zero-order valence-corrected chi connectivity index (χ0v) is 18.4. The molecule has 3 heterocycles. The minimum absolute atomic E-state index is 0.0485. The minimum Gasteiger partial charge on any atom is -0.492 e. The Balaban J connectivity index is 1.47. The third-order valence-corrected chi connectivity index (χ3v) is 6.92. The quantitative estimate of drug-likeness (QED) is 0.488. The van der Waals surface area contributed by atoms with E-state index in [-0.39, 0.29) is 23.6 Å². The smallest absolute Gasteiger partial charge is 0.230 e. The Bertz CT molecular complexity index is 1230. The number of hydrogen-bond acceptors (Lipinski definition) is 6. The molecule has 0 aliphatic carbocycles. The largest absolute Gasteiger partial charge is 0.492 e. The van der Waals surface area contributed by atoms with Gasteiger partial charge in [-0.25, -0.2) is 13.8 Å². The van der Waals surface area contributed by atoms with Gasteiger partial charge in [0.15, 0.2) is 5.82 Å². The zero-order valence-electron chi connectivity index (χ0n) is 17.6. The molecule has 32 heavy (non-hydrogen) atoms. The van der Waals surface area contributed by atoms with Gasteiger partial charge in [0.2, 0.25) is 10.8 Å². The number of aromatic nitrogens is 3. The molecule has 1 aliphatic heterocycles. The molecule has 0 amide bonds. The lowest BCUT2D eigenvalue weighted by molar-refractivity contribution is 0.211. The van der Waals surface area contributed by atoms with E-state index < -0.39 is 0 Å². The molecule has 1 saturated heterocycles. The van der Waals surface area contributed by atoms with E-state index in [9.17, 15) is 13.9 Å². The van der Waals surface area contributed by atoms with Gasteiger partial charge in [0.05, 0.1) is 10.9 Å². The molecule has 0 saturated carbocycles. The molecule has 2 aromatic heterocycles. The number of piperazine rings is 1. The molecular weight excluding hydrogens is 432 g/mol. The fraction of sp³-hybridized carbons (Fsp3) is 0.304. The normalized spacial score (nSPS) is 16.0. The maximum atomic E-state index is 14.1. The number of fused-ring (bicyclic) bond motifs is 1. The van der Waals surface area contributed by atoms with Gasteiger partial charge < -0.3 is 10.0 Å². The summed E-state index contributed by atoms with van der Waals surface area (Å²) in [7, 11) is 0. The lowest BCUT2D eigenvalue weighted by Gasteiger charge is -2.40. The van der Waals surface area contributed by atoms with Gasteiger partial charge >= 0.3 is 0 Å². The summed E-state index contributed by atoms with van der Waals surface area (Å²) >= 11 is 1.38. The molecule has 4 aromatic rings. The number of rotatable bonds is 5. The van der Waals surface area contributed by atoms with Crippen molar-refractivity contribution in [3.8, 4) is 5.88 Å². The Kier molecular flexibility index (Phi) is 5.52. The van der Waals surface area contributed by atoms with Crippen molar-refractivity contribution in [1.29, 1.82) is 0 Å². The van der Waals surface area contributed by atoms with Crippen molar-refractivity contribution in [2.45, 2.75) is 19.4 Å². The van der Waals surface area contributed by atoms with E-state index >= 15 is 0 Å². The first-order chi connectivity index (χ1) is 15.5. The number of nitrogens with zero attached hydrogens (tertiary/aromatic N) is 5. The van der Waals surface area contributed by atoms with Crippen molar-refractivity contribution < 1.29 is 13.9 Å². The zero-order chi connectivity index (χ0) is 22.2. The van der Waals surface area contributed by atoms with Gasteiger partial charge in [0.1, 0.15) is 11.6 Å². The predicted octanol–water partition coefficient (Wildman–Crippen LogP) is 4.25. The van der Waals surface area contributed by atoms with Crippen molar-refractivity contribution >= 4 is 22.0 Å². The Morgan fingerprint density at radius 3 is 2.44 bits per heavy atom. The third kappa shape index (κ3) is 3.82. The van der Waals surface area contributed by atoms with E-state index in [2.05, 4.69) is 19.9 Å². The first-order valence-electron chi connectivity index (χ1n) is 10.6. The fourth-order valence-corrected chi connectivity index (χ4v) is 5.35. The van der Waals surface area contributed by atoms with E-state index in [1.165, 1.54) is 40.1 Å². The van der Waals surface area contributed by atoms with Crippen LogP contribution in [-0.2, 0) is 6.42 Å². The van der Waals surface area contributed by atoms with Gasteiger partial charge in [-0.2, -0.15) is 4.52 Å². The van der Waals surface area contributed by atoms with Crippen LogP contribution in [0.25, 0.3) is 4.96 Å². The van der Waals surface area contributed by atoms with Crippen LogP contribution in [0.15, 0.2) is 48.5 Å². The number of aromatic hydroxyl groups is 1. The highest BCUT2D eigenvalue weighted by atomic mass is 32.1. The molecule has 2 aromatic carbocycles. The highest BCUT2D eigenvalue weighted by Gasteiger charge is 2.32. The van der Waals surface area contributed by atoms with Crippen LogP contribution in [0.4, 0.5) is 14.5 Å². The Morgan fingerprint density at radius 1 is 1.03 bits per heavy atom. The molecule has 0 spiro atoms. The SMILES string of the molecule is CCc1nc2sc(C(c3cccc(F)c3)N3CCN(c4ccc(F)cc4)CC3)c(O)n2n1.